The van der Waals surface area contributed by atoms with Crippen molar-refractivity contribution >= 4 is 50.7 Å². The van der Waals surface area contributed by atoms with E-state index in [4.69, 9.17) is 5.73 Å². The second-order valence-electron chi connectivity index (χ2n) is 4.56. The Morgan fingerprint density at radius 1 is 1.43 bits per heavy atom. The van der Waals surface area contributed by atoms with Gasteiger partial charge >= 0.3 is 0 Å². The maximum atomic E-state index is 11.7. The third kappa shape index (κ3) is 5.39. The number of hydrogen-bond acceptors (Lipinski definition) is 4. The molecule has 2 rings (SSSR count). The zero-order chi connectivity index (χ0) is 14.5. The number of halogens is 2. The van der Waals surface area contributed by atoms with Crippen LogP contribution in [0.25, 0.3) is 0 Å². The number of nitrogens with zero attached hydrogens (tertiary/aromatic N) is 1. The molecule has 1 heterocycles. The van der Waals surface area contributed by atoms with Gasteiger partial charge in [-0.1, -0.05) is 35.0 Å². The number of amides is 1. The minimum absolute atomic E-state index is 0. The molecule has 4 nitrogen and oxygen atoms in total. The number of thiazole rings is 1. The van der Waals surface area contributed by atoms with Crippen LogP contribution >= 0.6 is 39.7 Å². The minimum Gasteiger partial charge on any atom is -0.330 e. The van der Waals surface area contributed by atoms with Crippen LogP contribution in [0.15, 0.2) is 34.9 Å². The number of nitrogens with one attached hydrogen (secondary N) is 1. The summed E-state index contributed by atoms with van der Waals surface area (Å²) in [4.78, 5) is 17.1. The highest BCUT2D eigenvalue weighted by Gasteiger charge is 2.12. The van der Waals surface area contributed by atoms with Crippen molar-refractivity contribution in [2.45, 2.75) is 13.3 Å². The molecule has 1 unspecified atom stereocenters. The first-order chi connectivity index (χ1) is 9.58. The van der Waals surface area contributed by atoms with E-state index >= 15 is 0 Å². The summed E-state index contributed by atoms with van der Waals surface area (Å²) in [6.07, 6.45) is 2.61. The average Bonchev–Trinajstić information content (AvgIpc) is 2.87. The molecule has 0 spiro atoms. The monoisotopic (exact) mass is 389 g/mol. The molecule has 1 aromatic carbocycles. The van der Waals surface area contributed by atoms with Gasteiger partial charge in [-0.15, -0.1) is 23.7 Å². The summed E-state index contributed by atoms with van der Waals surface area (Å²) >= 11 is 4.91. The molecule has 0 aliphatic rings. The molecule has 0 saturated carbocycles. The van der Waals surface area contributed by atoms with Gasteiger partial charge in [0.1, 0.15) is 0 Å². The fourth-order valence-corrected chi connectivity index (χ4v) is 2.70. The molecule has 7 heteroatoms. The first-order valence-electron chi connectivity index (χ1n) is 6.28. The van der Waals surface area contributed by atoms with Gasteiger partial charge in [0.15, 0.2) is 5.13 Å². The number of benzene rings is 1. The fourth-order valence-electron chi connectivity index (χ4n) is 1.59. The molecule has 114 valence electrons. The molecular formula is C14H17BrClN3OS. The Hall–Kier alpha value is -0.950. The predicted octanol–water partition coefficient (Wildman–Crippen LogP) is 3.45. The van der Waals surface area contributed by atoms with Crippen LogP contribution in [-0.4, -0.2) is 17.4 Å². The van der Waals surface area contributed by atoms with Crippen LogP contribution < -0.4 is 11.1 Å². The molecule has 1 aromatic heterocycles. The summed E-state index contributed by atoms with van der Waals surface area (Å²) in [6, 6.07) is 8.17. The predicted molar refractivity (Wildman–Crippen MR) is 93.2 cm³/mol. The maximum Gasteiger partial charge on any atom is 0.230 e. The Kier molecular flexibility index (Phi) is 7.31. The van der Waals surface area contributed by atoms with E-state index in [2.05, 4.69) is 38.4 Å². The van der Waals surface area contributed by atoms with Crippen LogP contribution in [0.5, 0.6) is 0 Å². The molecule has 0 aliphatic carbocycles. The average molecular weight is 391 g/mol. The summed E-state index contributed by atoms with van der Waals surface area (Å²) in [5, 5.41) is 3.42. The topological polar surface area (TPSA) is 68.0 Å². The lowest BCUT2D eigenvalue weighted by molar-refractivity contribution is -0.119. The summed E-state index contributed by atoms with van der Waals surface area (Å²) in [7, 11) is 0. The van der Waals surface area contributed by atoms with Gasteiger partial charge in [-0.05, 0) is 17.7 Å². The molecule has 1 amide bonds. The summed E-state index contributed by atoms with van der Waals surface area (Å²) in [5.74, 6) is -0.286. The van der Waals surface area contributed by atoms with Gasteiger partial charge in [0.05, 0.1) is 0 Å². The van der Waals surface area contributed by atoms with Crippen molar-refractivity contribution in [3.63, 3.8) is 0 Å². The number of aromatic nitrogens is 1. The van der Waals surface area contributed by atoms with Gasteiger partial charge in [-0.3, -0.25) is 4.79 Å². The second-order valence-corrected chi connectivity index (χ2v) is 6.59. The molecule has 0 bridgehead atoms. The zero-order valence-electron chi connectivity index (χ0n) is 11.5. The van der Waals surface area contributed by atoms with E-state index in [1.165, 1.54) is 16.9 Å². The third-order valence-corrected chi connectivity index (χ3v) is 4.32. The van der Waals surface area contributed by atoms with Gasteiger partial charge in [-0.2, -0.15) is 0 Å². The van der Waals surface area contributed by atoms with E-state index in [9.17, 15) is 4.79 Å². The lowest BCUT2D eigenvalue weighted by Crippen LogP contribution is -2.26. The maximum absolute atomic E-state index is 11.7. The van der Waals surface area contributed by atoms with E-state index in [1.807, 2.05) is 12.1 Å². The highest BCUT2D eigenvalue weighted by molar-refractivity contribution is 9.10. The number of nitrogens with two attached hydrogens (primary N) is 1. The van der Waals surface area contributed by atoms with E-state index in [0.717, 1.165) is 15.8 Å². The molecule has 0 radical (unpaired) electrons. The van der Waals surface area contributed by atoms with Crippen molar-refractivity contribution < 1.29 is 4.79 Å². The smallest absolute Gasteiger partial charge is 0.230 e. The molecule has 0 saturated heterocycles. The lowest BCUT2D eigenvalue weighted by Gasteiger charge is -2.06. The highest BCUT2D eigenvalue weighted by Crippen LogP contribution is 2.22. The quantitative estimate of drug-likeness (QED) is 0.821. The Morgan fingerprint density at radius 3 is 2.71 bits per heavy atom. The Balaban J connectivity index is 0.00000220. The largest absolute Gasteiger partial charge is 0.330 e. The minimum atomic E-state index is -0.200. The van der Waals surface area contributed by atoms with Crippen LogP contribution in [0, 0.1) is 5.92 Å². The Morgan fingerprint density at radius 2 is 2.10 bits per heavy atom. The number of hydrogen-bond donors (Lipinski definition) is 2. The molecule has 1 atom stereocenters. The SMILES string of the molecule is CC(CN)C(=O)Nc1ncc(Cc2ccc(Br)cc2)s1.Cl. The molecule has 0 aliphatic heterocycles. The van der Waals surface area contributed by atoms with Gasteiger partial charge < -0.3 is 11.1 Å². The molecule has 0 fully saturated rings. The molecule has 21 heavy (non-hydrogen) atoms. The van der Waals surface area contributed by atoms with Crippen molar-refractivity contribution in [1.29, 1.82) is 0 Å². The van der Waals surface area contributed by atoms with Crippen molar-refractivity contribution in [2.75, 3.05) is 11.9 Å². The van der Waals surface area contributed by atoms with Crippen molar-refractivity contribution in [1.82, 2.24) is 4.98 Å². The Bertz CT molecular complexity index is 588. The fraction of sp³-hybridized carbons (Fsp3) is 0.286. The van der Waals surface area contributed by atoms with Crippen LogP contribution in [0.4, 0.5) is 5.13 Å². The van der Waals surface area contributed by atoms with E-state index in [1.54, 1.807) is 13.1 Å². The van der Waals surface area contributed by atoms with Gasteiger partial charge in [0, 0.05) is 34.4 Å². The first-order valence-corrected chi connectivity index (χ1v) is 7.89. The van der Waals surface area contributed by atoms with Gasteiger partial charge in [0.2, 0.25) is 5.91 Å². The summed E-state index contributed by atoms with van der Waals surface area (Å²) in [5.41, 5.74) is 6.68. The van der Waals surface area contributed by atoms with Gasteiger partial charge in [-0.25, -0.2) is 4.98 Å². The van der Waals surface area contributed by atoms with E-state index < -0.39 is 0 Å². The molecule has 3 N–H and O–H groups in total. The van der Waals surface area contributed by atoms with Crippen molar-refractivity contribution in [3.8, 4) is 0 Å². The van der Waals surface area contributed by atoms with Crippen LogP contribution in [0.1, 0.15) is 17.4 Å². The number of carbonyl (C=O) groups is 1. The highest BCUT2D eigenvalue weighted by atomic mass is 79.9. The van der Waals surface area contributed by atoms with E-state index in [-0.39, 0.29) is 24.2 Å². The van der Waals surface area contributed by atoms with Crippen LogP contribution in [0.3, 0.4) is 0 Å². The first kappa shape index (κ1) is 18.1. The van der Waals surface area contributed by atoms with Crippen molar-refractivity contribution in [3.05, 3.63) is 45.4 Å². The molecule has 2 aromatic rings. The lowest BCUT2D eigenvalue weighted by atomic mass is 10.1. The third-order valence-electron chi connectivity index (χ3n) is 2.88. The Labute approximate surface area is 142 Å². The second kappa shape index (κ2) is 8.48. The number of carbonyl (C=O) groups excluding carboxylic acids is 1. The van der Waals surface area contributed by atoms with E-state index in [0.29, 0.717) is 11.7 Å². The van der Waals surface area contributed by atoms with Crippen LogP contribution in [-0.2, 0) is 11.2 Å². The normalized spacial score (nSPS) is 11.6. The molecular weight excluding hydrogens is 374 g/mol. The number of anilines is 1. The number of rotatable bonds is 5. The summed E-state index contributed by atoms with van der Waals surface area (Å²) < 4.78 is 1.06. The standard InChI is InChI=1S/C14H16BrN3OS.ClH/c1-9(7-16)13(19)18-14-17-8-12(20-14)6-10-2-4-11(15)5-3-10;/h2-5,8-9H,6-7,16H2,1H3,(H,17,18,19);1H. The summed E-state index contributed by atoms with van der Waals surface area (Å²) in [6.45, 7) is 2.13. The van der Waals surface area contributed by atoms with Crippen molar-refractivity contribution in [2.24, 2.45) is 11.7 Å². The van der Waals surface area contributed by atoms with Gasteiger partial charge in [0.25, 0.3) is 0 Å². The van der Waals surface area contributed by atoms with Crippen LogP contribution in [0.2, 0.25) is 0 Å². The zero-order valence-corrected chi connectivity index (χ0v) is 14.7.